The zero-order chi connectivity index (χ0) is 30.9. The predicted molar refractivity (Wildman–Crippen MR) is 155 cm³/mol. The molecule has 0 fully saturated rings. The minimum Gasteiger partial charge on any atom is -0.444 e. The highest BCUT2D eigenvalue weighted by Crippen LogP contribution is 2.24. The van der Waals surface area contributed by atoms with Crippen molar-refractivity contribution in [2.75, 3.05) is 13.1 Å². The fourth-order valence-corrected chi connectivity index (χ4v) is 5.80. The fourth-order valence-electron chi connectivity index (χ4n) is 4.47. The van der Waals surface area contributed by atoms with Crippen molar-refractivity contribution in [2.45, 2.75) is 90.5 Å². The van der Waals surface area contributed by atoms with Crippen molar-refractivity contribution < 1.29 is 27.5 Å². The van der Waals surface area contributed by atoms with Gasteiger partial charge in [0.05, 0.1) is 47.1 Å². The number of ether oxygens (including phenoxy) is 2. The molecule has 1 aromatic carbocycles. The van der Waals surface area contributed by atoms with Crippen LogP contribution in [-0.2, 0) is 45.4 Å². The normalized spacial score (nSPS) is 15.2. The average molecular weight is 601 g/mol. The van der Waals surface area contributed by atoms with Crippen LogP contribution in [0.5, 0.6) is 0 Å². The van der Waals surface area contributed by atoms with Gasteiger partial charge in [0.2, 0.25) is 0 Å². The Balaban J connectivity index is 0.000000216. The first-order valence-corrected chi connectivity index (χ1v) is 15.3. The Labute approximate surface area is 247 Å². The number of carbonyl (C=O) groups excluding carboxylic acids is 2. The molecule has 0 aliphatic carbocycles. The van der Waals surface area contributed by atoms with Gasteiger partial charge in [-0.05, 0) is 60.6 Å². The molecule has 42 heavy (non-hydrogen) atoms. The maximum Gasteiger partial charge on any atom is 0.410 e. The number of aromatic nitrogens is 4. The lowest BCUT2D eigenvalue weighted by Crippen LogP contribution is -2.40. The SMILES string of the molecule is CC(C)(C)OC(=O)N1CCc2nc[nH]c2C1.Cc1ccc(S(=O)(=O)n2cnc3c2CN(C(=O)OC(C)(C)C)CC3)cc1. The van der Waals surface area contributed by atoms with Crippen LogP contribution < -0.4 is 0 Å². The van der Waals surface area contributed by atoms with Crippen LogP contribution in [0, 0.1) is 6.92 Å². The largest absolute Gasteiger partial charge is 0.444 e. The molecule has 4 heterocycles. The van der Waals surface area contributed by atoms with Gasteiger partial charge >= 0.3 is 12.2 Å². The Morgan fingerprint density at radius 3 is 1.95 bits per heavy atom. The molecule has 3 aromatic rings. The summed E-state index contributed by atoms with van der Waals surface area (Å²) < 4.78 is 37.8. The maximum absolute atomic E-state index is 13.0. The first kappa shape index (κ1) is 31.1. The standard InChI is InChI=1S/C18H23N3O4S.C11H17N3O2/c1-13-5-7-14(8-6-13)26(23,24)21-12-19-15-9-10-20(11-16(15)21)17(22)25-18(2,3)4;1-11(2,3)16-10(15)14-5-4-8-9(6-14)13-7-12-8/h5-8,12H,9-11H2,1-4H3;7H,4-6H2,1-3H3,(H,12,13). The summed E-state index contributed by atoms with van der Waals surface area (Å²) in [6.07, 6.45) is 3.56. The maximum atomic E-state index is 13.0. The smallest absolute Gasteiger partial charge is 0.410 e. The molecule has 12 nitrogen and oxygen atoms in total. The highest BCUT2D eigenvalue weighted by Gasteiger charge is 2.31. The Bertz CT molecular complexity index is 1530. The number of hydrogen-bond donors (Lipinski definition) is 1. The van der Waals surface area contributed by atoms with Crippen LogP contribution in [-0.4, -0.2) is 73.6 Å². The van der Waals surface area contributed by atoms with Gasteiger partial charge in [0, 0.05) is 25.9 Å². The molecule has 0 saturated carbocycles. The number of nitrogens with one attached hydrogen (secondary N) is 1. The molecule has 2 aliphatic rings. The third kappa shape index (κ3) is 7.50. The van der Waals surface area contributed by atoms with Crippen LogP contribution in [0.4, 0.5) is 9.59 Å². The predicted octanol–water partition coefficient (Wildman–Crippen LogP) is 4.42. The van der Waals surface area contributed by atoms with Gasteiger partial charge in [0.25, 0.3) is 10.0 Å². The molecule has 2 aliphatic heterocycles. The van der Waals surface area contributed by atoms with E-state index >= 15 is 0 Å². The third-order valence-electron chi connectivity index (χ3n) is 6.53. The molecule has 0 bridgehead atoms. The molecule has 228 valence electrons. The van der Waals surface area contributed by atoms with Crippen molar-refractivity contribution in [1.29, 1.82) is 0 Å². The van der Waals surface area contributed by atoms with Crippen LogP contribution >= 0.6 is 0 Å². The molecule has 2 amide bonds. The summed E-state index contributed by atoms with van der Waals surface area (Å²) in [5.74, 6) is 0. The van der Waals surface area contributed by atoms with E-state index in [-0.39, 0.29) is 17.5 Å². The average Bonchev–Trinajstić information content (AvgIpc) is 3.54. The number of amides is 2. The Morgan fingerprint density at radius 1 is 0.833 bits per heavy atom. The fraction of sp³-hybridized carbons (Fsp3) is 0.517. The number of H-pyrrole nitrogens is 1. The van der Waals surface area contributed by atoms with E-state index in [2.05, 4.69) is 15.0 Å². The van der Waals surface area contributed by atoms with E-state index in [9.17, 15) is 18.0 Å². The summed E-state index contributed by atoms with van der Waals surface area (Å²) >= 11 is 0. The minimum atomic E-state index is -3.76. The number of carbonyl (C=O) groups is 2. The van der Waals surface area contributed by atoms with E-state index in [1.54, 1.807) is 56.3 Å². The first-order valence-electron chi connectivity index (χ1n) is 13.9. The third-order valence-corrected chi connectivity index (χ3v) is 8.23. The molecule has 2 aromatic heterocycles. The lowest BCUT2D eigenvalue weighted by atomic mass is 10.1. The molecule has 0 spiro atoms. The molecule has 1 N–H and O–H groups in total. The molecular formula is C29H40N6O6S. The van der Waals surface area contributed by atoms with Gasteiger partial charge in [0.15, 0.2) is 0 Å². The van der Waals surface area contributed by atoms with Crippen molar-refractivity contribution in [3.8, 4) is 0 Å². The van der Waals surface area contributed by atoms with Gasteiger partial charge in [-0.3, -0.25) is 0 Å². The summed E-state index contributed by atoms with van der Waals surface area (Å²) in [4.78, 5) is 39.0. The summed E-state index contributed by atoms with van der Waals surface area (Å²) in [5.41, 5.74) is 3.20. The summed E-state index contributed by atoms with van der Waals surface area (Å²) in [5, 5.41) is 0. The van der Waals surface area contributed by atoms with Gasteiger partial charge in [-0.25, -0.2) is 31.9 Å². The summed E-state index contributed by atoms with van der Waals surface area (Å²) in [7, 11) is -3.76. The lowest BCUT2D eigenvalue weighted by molar-refractivity contribution is 0.0210. The van der Waals surface area contributed by atoms with Crippen LogP contribution in [0.3, 0.4) is 0 Å². The quantitative estimate of drug-likeness (QED) is 0.456. The van der Waals surface area contributed by atoms with E-state index in [0.29, 0.717) is 37.4 Å². The van der Waals surface area contributed by atoms with Crippen molar-refractivity contribution in [1.82, 2.24) is 28.7 Å². The van der Waals surface area contributed by atoms with Gasteiger partial charge in [-0.2, -0.15) is 0 Å². The zero-order valence-electron chi connectivity index (χ0n) is 25.3. The number of imidazole rings is 2. The van der Waals surface area contributed by atoms with Gasteiger partial charge in [0.1, 0.15) is 17.5 Å². The van der Waals surface area contributed by atoms with E-state index in [4.69, 9.17) is 9.47 Å². The van der Waals surface area contributed by atoms with Crippen molar-refractivity contribution in [3.05, 3.63) is 65.3 Å². The Kier molecular flexibility index (Phi) is 8.72. The van der Waals surface area contributed by atoms with Crippen LogP contribution in [0.2, 0.25) is 0 Å². The second kappa shape index (κ2) is 11.8. The van der Waals surface area contributed by atoms with Gasteiger partial charge < -0.3 is 24.3 Å². The zero-order valence-corrected chi connectivity index (χ0v) is 26.1. The molecule has 0 saturated heterocycles. The van der Waals surface area contributed by atoms with E-state index in [1.807, 2.05) is 27.7 Å². The van der Waals surface area contributed by atoms with Gasteiger partial charge in [-0.1, -0.05) is 17.7 Å². The number of hydrogen-bond acceptors (Lipinski definition) is 8. The number of benzene rings is 1. The van der Waals surface area contributed by atoms with Crippen LogP contribution in [0.1, 0.15) is 69.9 Å². The lowest BCUT2D eigenvalue weighted by Gasteiger charge is -2.30. The molecular weight excluding hydrogens is 560 g/mol. The number of aryl methyl sites for hydroxylation is 1. The second-order valence-corrected chi connectivity index (χ2v) is 14.2. The van der Waals surface area contributed by atoms with Gasteiger partial charge in [-0.15, -0.1) is 0 Å². The minimum absolute atomic E-state index is 0.148. The monoisotopic (exact) mass is 600 g/mol. The molecule has 5 rings (SSSR count). The summed E-state index contributed by atoms with van der Waals surface area (Å²) in [6, 6.07) is 6.66. The Hall–Kier alpha value is -3.87. The highest BCUT2D eigenvalue weighted by molar-refractivity contribution is 7.90. The molecule has 0 unspecified atom stereocenters. The van der Waals surface area contributed by atoms with Crippen molar-refractivity contribution in [3.63, 3.8) is 0 Å². The molecule has 0 atom stereocenters. The molecule has 0 radical (unpaired) electrons. The Morgan fingerprint density at radius 2 is 1.38 bits per heavy atom. The van der Waals surface area contributed by atoms with E-state index in [1.165, 1.54) is 15.2 Å². The van der Waals surface area contributed by atoms with Crippen molar-refractivity contribution in [2.24, 2.45) is 0 Å². The first-order chi connectivity index (χ1) is 19.5. The highest BCUT2D eigenvalue weighted by atomic mass is 32.2. The van der Waals surface area contributed by atoms with E-state index < -0.39 is 27.3 Å². The van der Waals surface area contributed by atoms with Crippen LogP contribution in [0.25, 0.3) is 0 Å². The topological polar surface area (TPSA) is 140 Å². The second-order valence-electron chi connectivity index (χ2n) is 12.4. The van der Waals surface area contributed by atoms with Crippen LogP contribution in [0.15, 0.2) is 41.8 Å². The van der Waals surface area contributed by atoms with E-state index in [0.717, 1.165) is 23.4 Å². The van der Waals surface area contributed by atoms with Crippen molar-refractivity contribution >= 4 is 22.2 Å². The number of fused-ring (bicyclic) bond motifs is 2. The molecule has 13 heteroatoms. The number of rotatable bonds is 2. The number of aromatic amines is 1. The number of nitrogens with zero attached hydrogens (tertiary/aromatic N) is 5. The summed E-state index contributed by atoms with van der Waals surface area (Å²) in [6.45, 7) is 14.7.